The van der Waals surface area contributed by atoms with Crippen LogP contribution in [0.15, 0.2) is 30.3 Å². The second-order valence-corrected chi connectivity index (χ2v) is 5.95. The summed E-state index contributed by atoms with van der Waals surface area (Å²) in [6.45, 7) is 1.66. The molecule has 0 radical (unpaired) electrons. The number of rotatable bonds is 7. The third kappa shape index (κ3) is 5.79. The Morgan fingerprint density at radius 3 is 2.50 bits per heavy atom. The molecule has 0 saturated carbocycles. The number of carboxylic acid groups (broad SMARTS) is 1. The monoisotopic (exact) mass is 271 g/mol. The number of benzene rings is 1. The van der Waals surface area contributed by atoms with Gasteiger partial charge in [0, 0.05) is 12.5 Å². The normalized spacial score (nSPS) is 13.2. The largest absolute Gasteiger partial charge is 0.481 e. The van der Waals surface area contributed by atoms with Gasteiger partial charge in [0.25, 0.3) is 0 Å². The molecule has 0 fully saturated rings. The molecular formula is C12H17NO4S. The van der Waals surface area contributed by atoms with Crippen molar-refractivity contribution in [3.8, 4) is 0 Å². The van der Waals surface area contributed by atoms with Crippen LogP contribution in [-0.4, -0.2) is 25.5 Å². The lowest BCUT2D eigenvalue weighted by Gasteiger charge is -2.13. The van der Waals surface area contributed by atoms with Gasteiger partial charge < -0.3 is 5.11 Å². The predicted octanol–water partition coefficient (Wildman–Crippen LogP) is 1.36. The Kier molecular flexibility index (Phi) is 5.30. The quantitative estimate of drug-likeness (QED) is 0.784. The summed E-state index contributed by atoms with van der Waals surface area (Å²) in [4.78, 5) is 10.4. The maximum Gasteiger partial charge on any atom is 0.303 e. The second-order valence-electron chi connectivity index (χ2n) is 4.20. The molecule has 1 unspecified atom stereocenters. The van der Waals surface area contributed by atoms with E-state index in [-0.39, 0.29) is 24.6 Å². The SMILES string of the molecule is CC(CCC(=O)O)NS(=O)(=O)Cc1ccccc1. The van der Waals surface area contributed by atoms with Crippen molar-refractivity contribution in [1.82, 2.24) is 4.72 Å². The van der Waals surface area contributed by atoms with E-state index in [1.807, 2.05) is 6.07 Å². The van der Waals surface area contributed by atoms with E-state index in [1.54, 1.807) is 31.2 Å². The van der Waals surface area contributed by atoms with E-state index in [0.717, 1.165) is 0 Å². The van der Waals surface area contributed by atoms with Gasteiger partial charge in [0.1, 0.15) is 0 Å². The minimum absolute atomic E-state index is 0.0466. The van der Waals surface area contributed by atoms with Gasteiger partial charge in [0.05, 0.1) is 5.75 Å². The van der Waals surface area contributed by atoms with Gasteiger partial charge >= 0.3 is 5.97 Å². The number of hydrogen-bond donors (Lipinski definition) is 2. The van der Waals surface area contributed by atoms with Crippen molar-refractivity contribution in [3.05, 3.63) is 35.9 Å². The molecule has 0 aliphatic heterocycles. The van der Waals surface area contributed by atoms with E-state index < -0.39 is 16.0 Å². The molecule has 0 bridgehead atoms. The molecule has 0 aromatic heterocycles. The zero-order chi connectivity index (χ0) is 13.6. The second kappa shape index (κ2) is 6.51. The molecule has 0 heterocycles. The molecular weight excluding hydrogens is 254 g/mol. The van der Waals surface area contributed by atoms with Gasteiger partial charge in [-0.25, -0.2) is 13.1 Å². The number of carboxylic acids is 1. The molecule has 6 heteroatoms. The molecule has 1 rings (SSSR count). The number of aliphatic carboxylic acids is 1. The molecule has 18 heavy (non-hydrogen) atoms. The van der Waals surface area contributed by atoms with Crippen LogP contribution in [0.3, 0.4) is 0 Å². The minimum Gasteiger partial charge on any atom is -0.481 e. The average Bonchev–Trinajstić information content (AvgIpc) is 2.26. The van der Waals surface area contributed by atoms with E-state index in [0.29, 0.717) is 5.56 Å². The van der Waals surface area contributed by atoms with Gasteiger partial charge in [-0.1, -0.05) is 30.3 Å². The maximum atomic E-state index is 11.8. The van der Waals surface area contributed by atoms with Gasteiger partial charge in [-0.15, -0.1) is 0 Å². The van der Waals surface area contributed by atoms with Crippen LogP contribution in [0.4, 0.5) is 0 Å². The fourth-order valence-corrected chi connectivity index (χ4v) is 2.99. The summed E-state index contributed by atoms with van der Waals surface area (Å²) in [6, 6.07) is 8.47. The molecule has 1 aromatic rings. The first-order valence-corrected chi connectivity index (χ1v) is 7.30. The molecule has 1 atom stereocenters. The highest BCUT2D eigenvalue weighted by atomic mass is 32.2. The summed E-state index contributed by atoms with van der Waals surface area (Å²) < 4.78 is 26.1. The fraction of sp³-hybridized carbons (Fsp3) is 0.417. The van der Waals surface area contributed by atoms with Crippen molar-refractivity contribution in [2.75, 3.05) is 0 Å². The van der Waals surface area contributed by atoms with E-state index in [1.165, 1.54) is 0 Å². The zero-order valence-electron chi connectivity index (χ0n) is 10.2. The van der Waals surface area contributed by atoms with Gasteiger partial charge in [-0.3, -0.25) is 4.79 Å². The van der Waals surface area contributed by atoms with Crippen molar-refractivity contribution in [2.45, 2.75) is 31.6 Å². The number of sulfonamides is 1. The van der Waals surface area contributed by atoms with Crippen LogP contribution in [-0.2, 0) is 20.6 Å². The number of hydrogen-bond acceptors (Lipinski definition) is 3. The fourth-order valence-electron chi connectivity index (χ4n) is 1.54. The lowest BCUT2D eigenvalue weighted by Crippen LogP contribution is -2.33. The maximum absolute atomic E-state index is 11.8. The van der Waals surface area contributed by atoms with E-state index in [9.17, 15) is 13.2 Å². The summed E-state index contributed by atoms with van der Waals surface area (Å²) in [5.74, 6) is -1.02. The lowest BCUT2D eigenvalue weighted by atomic mass is 10.2. The summed E-state index contributed by atoms with van der Waals surface area (Å²) in [5, 5.41) is 8.52. The first kappa shape index (κ1) is 14.7. The summed E-state index contributed by atoms with van der Waals surface area (Å²) in [7, 11) is -3.42. The standard InChI is InChI=1S/C12H17NO4S/c1-10(7-8-12(14)15)13-18(16,17)9-11-5-3-2-4-6-11/h2-6,10,13H,7-9H2,1H3,(H,14,15). The minimum atomic E-state index is -3.42. The van der Waals surface area contributed by atoms with Crippen LogP contribution in [0.1, 0.15) is 25.3 Å². The van der Waals surface area contributed by atoms with Crippen LogP contribution in [0.2, 0.25) is 0 Å². The summed E-state index contributed by atoms with van der Waals surface area (Å²) >= 11 is 0. The van der Waals surface area contributed by atoms with Crippen molar-refractivity contribution >= 4 is 16.0 Å². The van der Waals surface area contributed by atoms with Crippen LogP contribution < -0.4 is 4.72 Å². The van der Waals surface area contributed by atoms with Crippen LogP contribution in [0.25, 0.3) is 0 Å². The van der Waals surface area contributed by atoms with E-state index in [4.69, 9.17) is 5.11 Å². The Balaban J connectivity index is 2.52. The van der Waals surface area contributed by atoms with Crippen molar-refractivity contribution < 1.29 is 18.3 Å². The Hall–Kier alpha value is -1.40. The molecule has 0 aliphatic rings. The average molecular weight is 271 g/mol. The highest BCUT2D eigenvalue weighted by molar-refractivity contribution is 7.88. The van der Waals surface area contributed by atoms with E-state index in [2.05, 4.69) is 4.72 Å². The van der Waals surface area contributed by atoms with Gasteiger partial charge in [-0.2, -0.15) is 0 Å². The molecule has 5 nitrogen and oxygen atoms in total. The Bertz CT molecular complexity index is 484. The molecule has 0 saturated heterocycles. The van der Waals surface area contributed by atoms with E-state index >= 15 is 0 Å². The van der Waals surface area contributed by atoms with Gasteiger partial charge in [-0.05, 0) is 18.9 Å². The topological polar surface area (TPSA) is 83.5 Å². The number of nitrogens with one attached hydrogen (secondary N) is 1. The predicted molar refractivity (Wildman–Crippen MR) is 68.5 cm³/mol. The summed E-state index contributed by atoms with van der Waals surface area (Å²) in [6.07, 6.45) is 0.235. The highest BCUT2D eigenvalue weighted by Crippen LogP contribution is 2.06. The Morgan fingerprint density at radius 2 is 1.94 bits per heavy atom. The highest BCUT2D eigenvalue weighted by Gasteiger charge is 2.15. The van der Waals surface area contributed by atoms with Crippen molar-refractivity contribution in [3.63, 3.8) is 0 Å². The first-order chi connectivity index (χ1) is 8.39. The first-order valence-electron chi connectivity index (χ1n) is 5.65. The molecule has 100 valence electrons. The molecule has 0 spiro atoms. The van der Waals surface area contributed by atoms with Crippen molar-refractivity contribution in [1.29, 1.82) is 0 Å². The van der Waals surface area contributed by atoms with Crippen molar-refractivity contribution in [2.24, 2.45) is 0 Å². The van der Waals surface area contributed by atoms with Crippen LogP contribution in [0, 0.1) is 0 Å². The third-order valence-corrected chi connectivity index (χ3v) is 3.85. The molecule has 1 aromatic carbocycles. The third-order valence-electron chi connectivity index (χ3n) is 2.37. The number of carbonyl (C=O) groups is 1. The van der Waals surface area contributed by atoms with Gasteiger partial charge in [0.15, 0.2) is 0 Å². The van der Waals surface area contributed by atoms with Gasteiger partial charge in [0.2, 0.25) is 10.0 Å². The Morgan fingerprint density at radius 1 is 1.33 bits per heavy atom. The van der Waals surface area contributed by atoms with Crippen LogP contribution >= 0.6 is 0 Å². The molecule has 2 N–H and O–H groups in total. The van der Waals surface area contributed by atoms with Crippen LogP contribution in [0.5, 0.6) is 0 Å². The Labute approximate surface area is 107 Å². The smallest absolute Gasteiger partial charge is 0.303 e. The molecule has 0 amide bonds. The molecule has 0 aliphatic carbocycles. The zero-order valence-corrected chi connectivity index (χ0v) is 11.0. The summed E-state index contributed by atoms with van der Waals surface area (Å²) in [5.41, 5.74) is 0.704. The lowest BCUT2D eigenvalue weighted by molar-refractivity contribution is -0.137.